The van der Waals surface area contributed by atoms with Crippen LogP contribution in [0, 0.1) is 6.92 Å². The molecular weight excluding hydrogens is 380 g/mol. The van der Waals surface area contributed by atoms with Crippen molar-refractivity contribution < 1.29 is 14.0 Å². The summed E-state index contributed by atoms with van der Waals surface area (Å²) in [6, 6.07) is 20.2. The van der Waals surface area contributed by atoms with E-state index in [1.165, 1.54) is 6.26 Å². The molecule has 2 heterocycles. The van der Waals surface area contributed by atoms with Gasteiger partial charge in [-0.05, 0) is 48.9 Å². The molecule has 2 amide bonds. The average Bonchev–Trinajstić information content (AvgIpc) is 3.44. The number of benzene rings is 2. The second-order valence-electron chi connectivity index (χ2n) is 6.70. The van der Waals surface area contributed by atoms with Crippen molar-refractivity contribution in [2.45, 2.75) is 13.5 Å². The first-order chi connectivity index (χ1) is 14.6. The number of amides is 2. The molecule has 0 bridgehead atoms. The monoisotopic (exact) mass is 400 g/mol. The molecule has 0 saturated carbocycles. The van der Waals surface area contributed by atoms with Crippen molar-refractivity contribution in [3.05, 3.63) is 102 Å². The summed E-state index contributed by atoms with van der Waals surface area (Å²) < 4.78 is 6.81. The van der Waals surface area contributed by atoms with Gasteiger partial charge in [0.15, 0.2) is 5.76 Å². The number of anilines is 1. The van der Waals surface area contributed by atoms with E-state index in [1.807, 2.05) is 49.4 Å². The van der Waals surface area contributed by atoms with Gasteiger partial charge in [-0.15, -0.1) is 0 Å². The zero-order chi connectivity index (χ0) is 20.9. The van der Waals surface area contributed by atoms with Crippen molar-refractivity contribution in [1.29, 1.82) is 0 Å². The van der Waals surface area contributed by atoms with E-state index >= 15 is 0 Å². The minimum absolute atomic E-state index is 0.190. The van der Waals surface area contributed by atoms with Crippen LogP contribution >= 0.6 is 0 Å². The predicted molar refractivity (Wildman–Crippen MR) is 113 cm³/mol. The Labute approximate surface area is 173 Å². The van der Waals surface area contributed by atoms with Crippen LogP contribution in [-0.4, -0.2) is 21.6 Å². The molecule has 0 aliphatic heterocycles. The van der Waals surface area contributed by atoms with Crippen LogP contribution in [0.5, 0.6) is 0 Å². The molecule has 2 aromatic heterocycles. The van der Waals surface area contributed by atoms with Gasteiger partial charge >= 0.3 is 0 Å². The molecule has 150 valence electrons. The maximum absolute atomic E-state index is 12.6. The number of furan rings is 1. The number of carbonyl (C=O) groups is 2. The SMILES string of the molecule is Cc1c(C(=O)NCc2ccc(NC(=O)c3ccco3)cc2)cnn1-c1ccccc1. The van der Waals surface area contributed by atoms with Crippen LogP contribution in [0.4, 0.5) is 5.69 Å². The van der Waals surface area contributed by atoms with Gasteiger partial charge in [-0.3, -0.25) is 9.59 Å². The molecule has 2 N–H and O–H groups in total. The summed E-state index contributed by atoms with van der Waals surface area (Å²) in [7, 11) is 0. The van der Waals surface area contributed by atoms with E-state index in [-0.39, 0.29) is 17.6 Å². The first-order valence-corrected chi connectivity index (χ1v) is 9.44. The summed E-state index contributed by atoms with van der Waals surface area (Å²) in [5, 5.41) is 10.00. The maximum Gasteiger partial charge on any atom is 0.291 e. The van der Waals surface area contributed by atoms with Crippen LogP contribution < -0.4 is 10.6 Å². The molecule has 0 atom stereocenters. The number of para-hydroxylation sites is 1. The average molecular weight is 400 g/mol. The van der Waals surface area contributed by atoms with E-state index in [2.05, 4.69) is 15.7 Å². The molecule has 0 saturated heterocycles. The Bertz CT molecular complexity index is 1150. The van der Waals surface area contributed by atoms with Crippen molar-refractivity contribution in [3.63, 3.8) is 0 Å². The maximum atomic E-state index is 12.6. The largest absolute Gasteiger partial charge is 0.459 e. The Balaban J connectivity index is 1.36. The fourth-order valence-electron chi connectivity index (χ4n) is 3.05. The molecule has 4 rings (SSSR count). The molecule has 0 radical (unpaired) electrons. The molecule has 0 fully saturated rings. The Hall–Kier alpha value is -4.13. The molecule has 0 unspecified atom stereocenters. The van der Waals surface area contributed by atoms with E-state index in [1.54, 1.807) is 35.1 Å². The number of hydrogen-bond acceptors (Lipinski definition) is 4. The molecule has 30 heavy (non-hydrogen) atoms. The van der Waals surface area contributed by atoms with E-state index in [0.717, 1.165) is 16.9 Å². The first-order valence-electron chi connectivity index (χ1n) is 9.44. The van der Waals surface area contributed by atoms with Crippen LogP contribution in [-0.2, 0) is 6.54 Å². The van der Waals surface area contributed by atoms with Crippen molar-refractivity contribution in [2.75, 3.05) is 5.32 Å². The lowest BCUT2D eigenvalue weighted by Gasteiger charge is -2.08. The molecule has 0 aliphatic carbocycles. The normalized spacial score (nSPS) is 10.6. The van der Waals surface area contributed by atoms with Crippen LogP contribution in [0.25, 0.3) is 5.69 Å². The smallest absolute Gasteiger partial charge is 0.291 e. The summed E-state index contributed by atoms with van der Waals surface area (Å²) in [6.07, 6.45) is 3.02. The van der Waals surface area contributed by atoms with E-state index in [0.29, 0.717) is 17.8 Å². The van der Waals surface area contributed by atoms with Crippen molar-refractivity contribution >= 4 is 17.5 Å². The van der Waals surface area contributed by atoms with Gasteiger partial charge in [0.25, 0.3) is 11.8 Å². The highest BCUT2D eigenvalue weighted by atomic mass is 16.3. The van der Waals surface area contributed by atoms with Gasteiger partial charge in [-0.25, -0.2) is 4.68 Å². The van der Waals surface area contributed by atoms with Gasteiger partial charge in [0.2, 0.25) is 0 Å². The molecular formula is C23H20N4O3. The summed E-state index contributed by atoms with van der Waals surface area (Å²) in [5.74, 6) is -0.255. The Morgan fingerprint density at radius 1 is 0.967 bits per heavy atom. The van der Waals surface area contributed by atoms with Gasteiger partial charge in [0.05, 0.1) is 29.4 Å². The van der Waals surface area contributed by atoms with Gasteiger partial charge in [-0.1, -0.05) is 30.3 Å². The minimum Gasteiger partial charge on any atom is -0.459 e. The third-order valence-corrected chi connectivity index (χ3v) is 4.67. The topological polar surface area (TPSA) is 89.2 Å². The summed E-state index contributed by atoms with van der Waals surface area (Å²) in [5.41, 5.74) is 3.76. The minimum atomic E-state index is -0.313. The van der Waals surface area contributed by atoms with Gasteiger partial charge in [-0.2, -0.15) is 5.10 Å². The van der Waals surface area contributed by atoms with Crippen LogP contribution in [0.3, 0.4) is 0 Å². The lowest BCUT2D eigenvalue weighted by atomic mass is 10.2. The lowest BCUT2D eigenvalue weighted by molar-refractivity contribution is 0.0949. The van der Waals surface area contributed by atoms with Gasteiger partial charge in [0, 0.05) is 12.2 Å². The number of nitrogens with one attached hydrogen (secondary N) is 2. The van der Waals surface area contributed by atoms with E-state index < -0.39 is 0 Å². The Morgan fingerprint density at radius 3 is 2.43 bits per heavy atom. The molecule has 2 aromatic carbocycles. The third kappa shape index (κ3) is 4.15. The molecule has 0 aliphatic rings. The highest BCUT2D eigenvalue weighted by Gasteiger charge is 2.15. The number of aromatic nitrogens is 2. The number of carbonyl (C=O) groups excluding carboxylic acids is 2. The van der Waals surface area contributed by atoms with E-state index in [4.69, 9.17) is 4.42 Å². The number of nitrogens with zero attached hydrogens (tertiary/aromatic N) is 2. The predicted octanol–water partition coefficient (Wildman–Crippen LogP) is 3.96. The molecule has 0 spiro atoms. The highest BCUT2D eigenvalue weighted by Crippen LogP contribution is 2.15. The lowest BCUT2D eigenvalue weighted by Crippen LogP contribution is -2.23. The summed E-state index contributed by atoms with van der Waals surface area (Å²) in [4.78, 5) is 24.6. The fourth-order valence-corrected chi connectivity index (χ4v) is 3.05. The van der Waals surface area contributed by atoms with Crippen LogP contribution in [0.2, 0.25) is 0 Å². The summed E-state index contributed by atoms with van der Waals surface area (Å²) in [6.45, 7) is 2.23. The van der Waals surface area contributed by atoms with Crippen molar-refractivity contribution in [1.82, 2.24) is 15.1 Å². The van der Waals surface area contributed by atoms with Crippen molar-refractivity contribution in [3.8, 4) is 5.69 Å². The number of hydrogen-bond donors (Lipinski definition) is 2. The summed E-state index contributed by atoms with van der Waals surface area (Å²) >= 11 is 0. The van der Waals surface area contributed by atoms with Gasteiger partial charge < -0.3 is 15.1 Å². The van der Waals surface area contributed by atoms with Gasteiger partial charge in [0.1, 0.15) is 0 Å². The zero-order valence-corrected chi connectivity index (χ0v) is 16.3. The Kier molecular flexibility index (Phi) is 5.43. The standard InChI is InChI=1S/C23H20N4O3/c1-16-20(15-25-27(16)19-6-3-2-4-7-19)22(28)24-14-17-9-11-18(12-10-17)26-23(29)21-8-5-13-30-21/h2-13,15H,14H2,1H3,(H,24,28)(H,26,29). The Morgan fingerprint density at radius 2 is 1.73 bits per heavy atom. The number of rotatable bonds is 6. The highest BCUT2D eigenvalue weighted by molar-refractivity contribution is 6.02. The molecule has 4 aromatic rings. The van der Waals surface area contributed by atoms with Crippen LogP contribution in [0.15, 0.2) is 83.6 Å². The van der Waals surface area contributed by atoms with Crippen molar-refractivity contribution in [2.24, 2.45) is 0 Å². The second-order valence-corrected chi connectivity index (χ2v) is 6.70. The zero-order valence-electron chi connectivity index (χ0n) is 16.3. The quantitative estimate of drug-likeness (QED) is 0.513. The second kappa shape index (κ2) is 8.48. The first kappa shape index (κ1) is 19.2. The van der Waals surface area contributed by atoms with Crippen LogP contribution in [0.1, 0.15) is 32.2 Å². The van der Waals surface area contributed by atoms with E-state index in [9.17, 15) is 9.59 Å². The fraction of sp³-hybridized carbons (Fsp3) is 0.0870. The third-order valence-electron chi connectivity index (χ3n) is 4.67. The molecule has 7 heteroatoms. The molecule has 7 nitrogen and oxygen atoms in total.